The second-order valence-electron chi connectivity index (χ2n) is 9.78. The fraction of sp³-hybridized carbons (Fsp3) is 0.267. The van der Waals surface area contributed by atoms with Gasteiger partial charge < -0.3 is 19.5 Å². The molecule has 0 bridgehead atoms. The summed E-state index contributed by atoms with van der Waals surface area (Å²) in [6.45, 7) is 0.105. The van der Waals surface area contributed by atoms with Gasteiger partial charge in [-0.1, -0.05) is 41.7 Å². The predicted molar refractivity (Wildman–Crippen MR) is 155 cm³/mol. The maximum absolute atomic E-state index is 15.6. The molecule has 0 saturated carbocycles. The summed E-state index contributed by atoms with van der Waals surface area (Å²) in [6.07, 6.45) is 1.44. The Labute approximate surface area is 245 Å². The van der Waals surface area contributed by atoms with Crippen LogP contribution in [0.4, 0.5) is 19.7 Å². The van der Waals surface area contributed by atoms with Gasteiger partial charge in [-0.15, -0.1) is 0 Å². The number of carboxylic acid groups (broad SMARTS) is 1. The SMILES string of the molecule is CN1CCOc2cc(-c3ccc(OCF)cc3-c3nc(N(C)C(=O)[C@@H](CC(=O)O)Cc4ccccc4)sc3F)cnc21. The minimum absolute atomic E-state index is 0.0484. The number of halogens is 2. The average Bonchev–Trinajstić information content (AvgIpc) is 3.37. The third-order valence-corrected chi connectivity index (χ3v) is 7.86. The number of fused-ring (bicyclic) bond motifs is 1. The number of rotatable bonds is 10. The zero-order chi connectivity index (χ0) is 29.8. The van der Waals surface area contributed by atoms with Crippen LogP contribution in [0.2, 0.25) is 0 Å². The summed E-state index contributed by atoms with van der Waals surface area (Å²) in [4.78, 5) is 37.1. The van der Waals surface area contributed by atoms with Gasteiger partial charge in [-0.05, 0) is 41.8 Å². The lowest BCUT2D eigenvalue weighted by Crippen LogP contribution is -2.35. The van der Waals surface area contributed by atoms with Crippen LogP contribution in [0.15, 0.2) is 60.8 Å². The number of likely N-dealkylation sites (N-methyl/N-ethyl adjacent to an activating group) is 1. The van der Waals surface area contributed by atoms with E-state index < -0.39 is 36.2 Å². The second-order valence-corrected chi connectivity index (χ2v) is 10.7. The minimum Gasteiger partial charge on any atom is -0.488 e. The fourth-order valence-electron chi connectivity index (χ4n) is 4.82. The van der Waals surface area contributed by atoms with Crippen molar-refractivity contribution in [3.05, 3.63) is 71.5 Å². The molecule has 1 aliphatic heterocycles. The first kappa shape index (κ1) is 28.9. The highest BCUT2D eigenvalue weighted by atomic mass is 32.1. The minimum atomic E-state index is -1.12. The molecule has 218 valence electrons. The van der Waals surface area contributed by atoms with Gasteiger partial charge in [-0.3, -0.25) is 14.5 Å². The Kier molecular flexibility index (Phi) is 8.62. The van der Waals surface area contributed by atoms with Crippen LogP contribution in [-0.4, -0.2) is 61.1 Å². The first-order valence-corrected chi connectivity index (χ1v) is 13.9. The number of benzene rings is 2. The number of hydrogen-bond acceptors (Lipinski definition) is 8. The normalized spacial score (nSPS) is 13.2. The zero-order valence-electron chi connectivity index (χ0n) is 22.9. The molecule has 42 heavy (non-hydrogen) atoms. The van der Waals surface area contributed by atoms with Gasteiger partial charge >= 0.3 is 5.97 Å². The van der Waals surface area contributed by atoms with Gasteiger partial charge in [0.15, 0.2) is 16.7 Å². The van der Waals surface area contributed by atoms with Gasteiger partial charge in [0.1, 0.15) is 18.1 Å². The van der Waals surface area contributed by atoms with Gasteiger partial charge in [-0.2, -0.15) is 4.39 Å². The quantitative estimate of drug-likeness (QED) is 0.259. The highest BCUT2D eigenvalue weighted by Gasteiger charge is 2.29. The van der Waals surface area contributed by atoms with Crippen molar-refractivity contribution < 1.29 is 33.0 Å². The van der Waals surface area contributed by atoms with E-state index in [1.165, 1.54) is 18.0 Å². The van der Waals surface area contributed by atoms with Crippen molar-refractivity contribution in [1.29, 1.82) is 0 Å². The van der Waals surface area contributed by atoms with E-state index in [-0.39, 0.29) is 23.0 Å². The van der Waals surface area contributed by atoms with Crippen LogP contribution < -0.4 is 19.3 Å². The molecule has 1 aliphatic rings. The number of alkyl halides is 1. The molecular weight excluding hydrogens is 566 g/mol. The van der Waals surface area contributed by atoms with Crippen molar-refractivity contribution in [2.24, 2.45) is 5.92 Å². The summed E-state index contributed by atoms with van der Waals surface area (Å²) in [6, 6.07) is 15.6. The topological polar surface area (TPSA) is 105 Å². The molecule has 0 fully saturated rings. The van der Waals surface area contributed by atoms with Gasteiger partial charge in [-0.25, -0.2) is 14.4 Å². The maximum atomic E-state index is 15.6. The monoisotopic (exact) mass is 594 g/mol. The van der Waals surface area contributed by atoms with Crippen LogP contribution in [-0.2, 0) is 16.0 Å². The summed E-state index contributed by atoms with van der Waals surface area (Å²) in [7, 11) is 3.35. The smallest absolute Gasteiger partial charge is 0.304 e. The van der Waals surface area contributed by atoms with Gasteiger partial charge in [0.05, 0.1) is 18.9 Å². The fourth-order valence-corrected chi connectivity index (χ4v) is 5.60. The molecule has 0 aliphatic carbocycles. The zero-order valence-corrected chi connectivity index (χ0v) is 23.7. The van der Waals surface area contributed by atoms with E-state index in [0.29, 0.717) is 52.7 Å². The molecule has 0 radical (unpaired) electrons. The van der Waals surface area contributed by atoms with E-state index in [1.807, 2.05) is 42.3 Å². The number of carboxylic acids is 1. The summed E-state index contributed by atoms with van der Waals surface area (Å²) in [5.41, 5.74) is 2.21. The number of carbonyl (C=O) groups is 2. The van der Waals surface area contributed by atoms with Crippen LogP contribution >= 0.6 is 11.3 Å². The van der Waals surface area contributed by atoms with Crippen LogP contribution in [0.25, 0.3) is 22.4 Å². The lowest BCUT2D eigenvalue weighted by atomic mass is 9.95. The van der Waals surface area contributed by atoms with E-state index in [9.17, 15) is 19.1 Å². The number of amides is 1. The second kappa shape index (κ2) is 12.5. The van der Waals surface area contributed by atoms with E-state index >= 15 is 4.39 Å². The molecule has 1 atom stereocenters. The summed E-state index contributed by atoms with van der Waals surface area (Å²) < 4.78 is 39.4. The molecule has 3 heterocycles. The molecule has 5 rings (SSSR count). The third-order valence-electron chi connectivity index (χ3n) is 6.94. The van der Waals surface area contributed by atoms with Crippen LogP contribution in [0.3, 0.4) is 0 Å². The number of hydrogen-bond donors (Lipinski definition) is 1. The summed E-state index contributed by atoms with van der Waals surface area (Å²) >= 11 is 0.652. The van der Waals surface area contributed by atoms with Crippen molar-refractivity contribution in [3.8, 4) is 33.9 Å². The molecule has 2 aromatic carbocycles. The Morgan fingerprint density at radius 3 is 2.71 bits per heavy atom. The van der Waals surface area contributed by atoms with Crippen LogP contribution in [0.1, 0.15) is 12.0 Å². The van der Waals surface area contributed by atoms with E-state index in [4.69, 9.17) is 9.47 Å². The first-order valence-electron chi connectivity index (χ1n) is 13.1. The van der Waals surface area contributed by atoms with Gasteiger partial charge in [0.2, 0.25) is 17.9 Å². The van der Waals surface area contributed by atoms with Crippen molar-refractivity contribution in [2.75, 3.05) is 43.9 Å². The maximum Gasteiger partial charge on any atom is 0.304 e. The van der Waals surface area contributed by atoms with Crippen LogP contribution in [0.5, 0.6) is 11.5 Å². The highest BCUT2D eigenvalue weighted by Crippen LogP contribution is 2.41. The third kappa shape index (κ3) is 6.18. The Hall–Kier alpha value is -4.58. The van der Waals surface area contributed by atoms with Crippen LogP contribution in [0, 0.1) is 11.0 Å². The number of pyridine rings is 1. The largest absolute Gasteiger partial charge is 0.488 e. The molecule has 0 unspecified atom stereocenters. The average molecular weight is 595 g/mol. The lowest BCUT2D eigenvalue weighted by molar-refractivity contribution is -0.140. The van der Waals surface area contributed by atoms with E-state index in [2.05, 4.69) is 9.97 Å². The number of nitrogens with zero attached hydrogens (tertiary/aromatic N) is 4. The van der Waals surface area contributed by atoms with E-state index in [1.54, 1.807) is 24.4 Å². The molecule has 0 spiro atoms. The number of anilines is 2. The molecule has 4 aromatic rings. The molecular formula is C30H28F2N4O5S. The molecule has 0 saturated heterocycles. The van der Waals surface area contributed by atoms with Gasteiger partial charge in [0.25, 0.3) is 0 Å². The predicted octanol–water partition coefficient (Wildman–Crippen LogP) is 5.44. The number of thiazole rings is 1. The van der Waals surface area contributed by atoms with Crippen molar-refractivity contribution in [3.63, 3.8) is 0 Å². The highest BCUT2D eigenvalue weighted by molar-refractivity contribution is 7.14. The first-order chi connectivity index (χ1) is 20.2. The van der Waals surface area contributed by atoms with Crippen molar-refractivity contribution in [1.82, 2.24) is 9.97 Å². The summed E-state index contributed by atoms with van der Waals surface area (Å²) in [5, 5.41) is 8.83. The Morgan fingerprint density at radius 2 is 1.98 bits per heavy atom. The number of aromatic nitrogens is 2. The standard InChI is InChI=1S/C30H28F2N4O5S/c1-35-10-11-40-24-13-20(16-33-28(24)35)22-9-8-21(41-17-31)15-23(22)26-27(32)42-30(34-26)36(2)29(39)19(14-25(37)38)12-18-6-4-3-5-7-18/h3-9,13,15-16,19H,10-12,14,17H2,1-2H3,(H,37,38)/t19-/m1/s1. The molecule has 9 nitrogen and oxygen atoms in total. The molecule has 2 aromatic heterocycles. The molecule has 12 heteroatoms. The van der Waals surface area contributed by atoms with Crippen molar-refractivity contribution in [2.45, 2.75) is 12.8 Å². The lowest BCUT2D eigenvalue weighted by Gasteiger charge is -2.26. The number of carbonyl (C=O) groups excluding carboxylic acids is 1. The molecule has 1 amide bonds. The Morgan fingerprint density at radius 1 is 1.19 bits per heavy atom. The number of ether oxygens (including phenoxy) is 2. The summed E-state index contributed by atoms with van der Waals surface area (Å²) in [5.74, 6) is -1.09. The Balaban J connectivity index is 1.50. The Bertz CT molecular complexity index is 1600. The van der Waals surface area contributed by atoms with E-state index in [0.717, 1.165) is 5.56 Å². The van der Waals surface area contributed by atoms with Gasteiger partial charge in [0, 0.05) is 31.4 Å². The molecule has 1 N–H and O–H groups in total. The number of aliphatic carboxylic acids is 1. The van der Waals surface area contributed by atoms with Crippen molar-refractivity contribution >= 4 is 34.2 Å².